The van der Waals surface area contributed by atoms with Crippen LogP contribution in [0.2, 0.25) is 5.02 Å². The molecular formula is C19H18ClN5S. The largest absolute Gasteiger partial charge is 0.307 e. The summed E-state index contributed by atoms with van der Waals surface area (Å²) in [5.74, 6) is 1.63. The van der Waals surface area contributed by atoms with Crippen LogP contribution in [0.5, 0.6) is 0 Å². The molecule has 7 heteroatoms. The first-order chi connectivity index (χ1) is 12.7. The van der Waals surface area contributed by atoms with Crippen LogP contribution < -0.4 is 0 Å². The summed E-state index contributed by atoms with van der Waals surface area (Å²) in [5.41, 5.74) is 3.01. The summed E-state index contributed by atoms with van der Waals surface area (Å²) in [6.45, 7) is 3.03. The summed E-state index contributed by atoms with van der Waals surface area (Å²) in [7, 11) is 0. The van der Waals surface area contributed by atoms with Crippen molar-refractivity contribution in [3.05, 3.63) is 65.6 Å². The van der Waals surface area contributed by atoms with E-state index in [0.29, 0.717) is 0 Å². The van der Waals surface area contributed by atoms with Crippen molar-refractivity contribution in [1.82, 2.24) is 24.1 Å². The van der Waals surface area contributed by atoms with E-state index < -0.39 is 0 Å². The molecule has 0 spiro atoms. The zero-order valence-corrected chi connectivity index (χ0v) is 15.9. The molecule has 4 rings (SSSR count). The summed E-state index contributed by atoms with van der Waals surface area (Å²) in [6.07, 6.45) is 5.08. The van der Waals surface area contributed by atoms with Crippen molar-refractivity contribution in [3.63, 3.8) is 0 Å². The van der Waals surface area contributed by atoms with Crippen LogP contribution in [-0.2, 0) is 12.3 Å². The van der Waals surface area contributed by atoms with E-state index in [2.05, 4.69) is 32.9 Å². The lowest BCUT2D eigenvalue weighted by molar-refractivity contribution is 0.626. The summed E-state index contributed by atoms with van der Waals surface area (Å²) in [4.78, 5) is 4.65. The molecule has 3 aromatic heterocycles. The number of pyridine rings is 1. The molecule has 0 radical (unpaired) electrons. The van der Waals surface area contributed by atoms with Crippen molar-refractivity contribution in [2.24, 2.45) is 0 Å². The van der Waals surface area contributed by atoms with Gasteiger partial charge in [0, 0.05) is 35.3 Å². The Labute approximate surface area is 161 Å². The molecule has 4 aromatic rings. The molecule has 5 nitrogen and oxygen atoms in total. The number of fused-ring (bicyclic) bond motifs is 1. The van der Waals surface area contributed by atoms with E-state index in [9.17, 15) is 0 Å². The molecular weight excluding hydrogens is 366 g/mol. The topological polar surface area (TPSA) is 48.0 Å². The maximum absolute atomic E-state index is 6.00. The van der Waals surface area contributed by atoms with E-state index in [1.54, 1.807) is 11.8 Å². The van der Waals surface area contributed by atoms with Gasteiger partial charge in [0.15, 0.2) is 11.0 Å². The first-order valence-electron chi connectivity index (χ1n) is 8.49. The quantitative estimate of drug-likeness (QED) is 0.442. The van der Waals surface area contributed by atoms with Gasteiger partial charge in [-0.15, -0.1) is 10.2 Å². The van der Waals surface area contributed by atoms with Gasteiger partial charge < -0.3 is 8.97 Å². The van der Waals surface area contributed by atoms with E-state index in [0.717, 1.165) is 51.6 Å². The fourth-order valence-corrected chi connectivity index (χ4v) is 3.80. The number of imidazole rings is 1. The minimum Gasteiger partial charge on any atom is -0.307 e. The highest BCUT2D eigenvalue weighted by Gasteiger charge is 2.14. The Morgan fingerprint density at radius 3 is 2.69 bits per heavy atom. The normalized spacial score (nSPS) is 11.3. The molecule has 0 amide bonds. The van der Waals surface area contributed by atoms with E-state index >= 15 is 0 Å². The Hall–Kier alpha value is -2.31. The van der Waals surface area contributed by atoms with Crippen LogP contribution in [-0.4, -0.2) is 24.1 Å². The second-order valence-corrected chi connectivity index (χ2v) is 7.33. The maximum atomic E-state index is 6.00. The van der Waals surface area contributed by atoms with Crippen LogP contribution in [0.1, 0.15) is 19.0 Å². The molecule has 3 heterocycles. The number of thioether (sulfide) groups is 1. The van der Waals surface area contributed by atoms with Crippen LogP contribution in [0.3, 0.4) is 0 Å². The average Bonchev–Trinajstić information content (AvgIpc) is 3.25. The second-order valence-electron chi connectivity index (χ2n) is 5.95. The molecule has 1 aromatic carbocycles. The molecule has 0 aliphatic carbocycles. The van der Waals surface area contributed by atoms with Crippen molar-refractivity contribution in [2.75, 3.05) is 0 Å². The van der Waals surface area contributed by atoms with Crippen molar-refractivity contribution in [1.29, 1.82) is 0 Å². The summed E-state index contributed by atoms with van der Waals surface area (Å²) >= 11 is 7.66. The molecule has 0 saturated heterocycles. The van der Waals surface area contributed by atoms with E-state index in [1.807, 2.05) is 53.1 Å². The van der Waals surface area contributed by atoms with Crippen LogP contribution >= 0.6 is 23.4 Å². The molecule has 0 N–H and O–H groups in total. The number of aromatic nitrogens is 5. The first kappa shape index (κ1) is 17.1. The second kappa shape index (κ2) is 7.51. The minimum atomic E-state index is 0.719. The van der Waals surface area contributed by atoms with Gasteiger partial charge in [0.2, 0.25) is 0 Å². The van der Waals surface area contributed by atoms with Gasteiger partial charge in [-0.1, -0.05) is 36.4 Å². The predicted octanol–water partition coefficient (Wildman–Crippen LogP) is 4.95. The highest BCUT2D eigenvalue weighted by molar-refractivity contribution is 7.98. The average molecular weight is 384 g/mol. The molecule has 132 valence electrons. The van der Waals surface area contributed by atoms with Gasteiger partial charge in [0.1, 0.15) is 5.65 Å². The SMILES string of the molecule is CCCn1c(SCc2cn3ccccc3n2)nnc1-c1ccc(Cl)cc1. The summed E-state index contributed by atoms with van der Waals surface area (Å²) in [5, 5.41) is 10.5. The van der Waals surface area contributed by atoms with Gasteiger partial charge in [0.25, 0.3) is 0 Å². The lowest BCUT2D eigenvalue weighted by Crippen LogP contribution is -2.02. The molecule has 0 atom stereocenters. The summed E-state index contributed by atoms with van der Waals surface area (Å²) in [6, 6.07) is 13.7. The highest BCUT2D eigenvalue weighted by Crippen LogP contribution is 2.27. The van der Waals surface area contributed by atoms with Crippen molar-refractivity contribution in [3.8, 4) is 11.4 Å². The molecule has 0 bridgehead atoms. The Kier molecular flexibility index (Phi) is 4.95. The maximum Gasteiger partial charge on any atom is 0.191 e. The van der Waals surface area contributed by atoms with Crippen molar-refractivity contribution in [2.45, 2.75) is 30.8 Å². The van der Waals surface area contributed by atoms with Gasteiger partial charge in [-0.05, 0) is 42.8 Å². The summed E-state index contributed by atoms with van der Waals surface area (Å²) < 4.78 is 4.20. The third kappa shape index (κ3) is 3.48. The number of rotatable bonds is 6. The third-order valence-corrected chi connectivity index (χ3v) is 5.28. The van der Waals surface area contributed by atoms with E-state index in [-0.39, 0.29) is 0 Å². The Bertz CT molecular complexity index is 989. The lowest BCUT2D eigenvalue weighted by atomic mass is 10.2. The molecule has 0 unspecified atom stereocenters. The standard InChI is InChI=1S/C19H18ClN5S/c1-2-10-25-18(14-6-8-15(20)9-7-14)22-23-19(25)26-13-16-12-24-11-4-3-5-17(24)21-16/h3-9,11-12H,2,10,13H2,1H3. The Morgan fingerprint density at radius 1 is 1.08 bits per heavy atom. The monoisotopic (exact) mass is 383 g/mol. The third-order valence-electron chi connectivity index (χ3n) is 4.03. The number of nitrogens with zero attached hydrogens (tertiary/aromatic N) is 5. The van der Waals surface area contributed by atoms with Crippen LogP contribution in [0.4, 0.5) is 0 Å². The molecule has 0 saturated carbocycles. The number of hydrogen-bond acceptors (Lipinski definition) is 4. The van der Waals surface area contributed by atoms with Gasteiger partial charge >= 0.3 is 0 Å². The fourth-order valence-electron chi connectivity index (χ4n) is 2.83. The molecule has 0 aliphatic heterocycles. The number of hydrogen-bond donors (Lipinski definition) is 0. The number of halogens is 1. The zero-order valence-electron chi connectivity index (χ0n) is 14.3. The van der Waals surface area contributed by atoms with Gasteiger partial charge in [-0.3, -0.25) is 0 Å². The number of benzene rings is 1. The van der Waals surface area contributed by atoms with E-state index in [4.69, 9.17) is 11.6 Å². The van der Waals surface area contributed by atoms with Crippen LogP contribution in [0.25, 0.3) is 17.0 Å². The molecule has 0 fully saturated rings. The van der Waals surface area contributed by atoms with Gasteiger partial charge in [-0.2, -0.15) is 0 Å². The van der Waals surface area contributed by atoms with Gasteiger partial charge in [-0.25, -0.2) is 4.98 Å². The predicted molar refractivity (Wildman–Crippen MR) is 106 cm³/mol. The first-order valence-corrected chi connectivity index (χ1v) is 9.85. The Balaban J connectivity index is 1.58. The molecule has 26 heavy (non-hydrogen) atoms. The molecule has 0 aliphatic rings. The lowest BCUT2D eigenvalue weighted by Gasteiger charge is -2.08. The zero-order chi connectivity index (χ0) is 17.9. The van der Waals surface area contributed by atoms with Crippen LogP contribution in [0, 0.1) is 0 Å². The highest BCUT2D eigenvalue weighted by atomic mass is 35.5. The van der Waals surface area contributed by atoms with Crippen molar-refractivity contribution >= 4 is 29.0 Å². The van der Waals surface area contributed by atoms with Crippen LogP contribution in [0.15, 0.2) is 60.0 Å². The Morgan fingerprint density at radius 2 is 1.92 bits per heavy atom. The van der Waals surface area contributed by atoms with E-state index in [1.165, 1.54) is 0 Å². The van der Waals surface area contributed by atoms with Crippen molar-refractivity contribution < 1.29 is 0 Å². The fraction of sp³-hybridized carbons (Fsp3) is 0.211. The smallest absolute Gasteiger partial charge is 0.191 e. The van der Waals surface area contributed by atoms with Gasteiger partial charge in [0.05, 0.1) is 5.69 Å². The minimum absolute atomic E-state index is 0.719.